The second kappa shape index (κ2) is 11.7. The highest BCUT2D eigenvalue weighted by Crippen LogP contribution is 2.18. The van der Waals surface area contributed by atoms with Crippen LogP contribution in [-0.2, 0) is 19.6 Å². The first kappa shape index (κ1) is 23.2. The zero-order valence-electron chi connectivity index (χ0n) is 18.4. The molecule has 0 unspecified atom stereocenters. The summed E-state index contributed by atoms with van der Waals surface area (Å²) in [5, 5.41) is 7.77. The Balaban J connectivity index is 1.20. The summed E-state index contributed by atoms with van der Waals surface area (Å²) in [4.78, 5) is 4.37. The van der Waals surface area contributed by atoms with Crippen molar-refractivity contribution in [2.45, 2.75) is 39.0 Å². The number of alkyl halides is 2. The Morgan fingerprint density at radius 3 is 2.50 bits per heavy atom. The van der Waals surface area contributed by atoms with Crippen molar-refractivity contribution < 1.29 is 22.7 Å². The van der Waals surface area contributed by atoms with Gasteiger partial charge >= 0.3 is 6.61 Å². The van der Waals surface area contributed by atoms with Crippen molar-refractivity contribution in [3.05, 3.63) is 89.9 Å². The standard InChI is InChI=1S/C25H24F2N4O3/c26-25(27)34-23-11-6-20(7-12-23)8-13-24-29-21(18-33-24)17-32-22-9-4-19(5-10-22)3-1-2-15-31-16-14-28-30-31/h4-14,16,18,25H,1-3,15,17H2/b13-8+. The summed E-state index contributed by atoms with van der Waals surface area (Å²) in [5.41, 5.74) is 2.72. The molecule has 0 aliphatic heterocycles. The summed E-state index contributed by atoms with van der Waals surface area (Å²) in [6.07, 6.45) is 11.7. The second-order valence-corrected chi connectivity index (χ2v) is 7.51. The van der Waals surface area contributed by atoms with Crippen LogP contribution in [0.4, 0.5) is 8.78 Å². The highest BCUT2D eigenvalue weighted by molar-refractivity contribution is 5.66. The number of halogens is 2. The summed E-state index contributed by atoms with van der Waals surface area (Å²) in [6, 6.07) is 14.3. The van der Waals surface area contributed by atoms with E-state index in [9.17, 15) is 8.78 Å². The molecule has 2 aromatic heterocycles. The molecule has 0 aliphatic carbocycles. The van der Waals surface area contributed by atoms with Crippen molar-refractivity contribution in [1.82, 2.24) is 20.0 Å². The van der Waals surface area contributed by atoms with Gasteiger partial charge < -0.3 is 13.9 Å². The summed E-state index contributed by atoms with van der Waals surface area (Å²) < 4.78 is 41.8. The van der Waals surface area contributed by atoms with E-state index in [-0.39, 0.29) is 12.4 Å². The first-order valence-corrected chi connectivity index (χ1v) is 10.9. The summed E-state index contributed by atoms with van der Waals surface area (Å²) in [5.74, 6) is 1.30. The fraction of sp³-hybridized carbons (Fsp3) is 0.240. The highest BCUT2D eigenvalue weighted by Gasteiger charge is 2.05. The predicted octanol–water partition coefficient (Wildman–Crippen LogP) is 5.64. The van der Waals surface area contributed by atoms with Crippen LogP contribution in [0.5, 0.6) is 11.5 Å². The van der Waals surface area contributed by atoms with Crippen LogP contribution in [0, 0.1) is 0 Å². The first-order valence-electron chi connectivity index (χ1n) is 10.9. The number of ether oxygens (including phenoxy) is 2. The van der Waals surface area contributed by atoms with Gasteiger partial charge in [0.05, 0.1) is 6.20 Å². The van der Waals surface area contributed by atoms with Crippen molar-refractivity contribution in [2.75, 3.05) is 0 Å². The third kappa shape index (κ3) is 7.26. The minimum absolute atomic E-state index is 0.110. The van der Waals surface area contributed by atoms with E-state index in [1.54, 1.807) is 36.7 Å². The van der Waals surface area contributed by atoms with E-state index in [0.29, 0.717) is 11.6 Å². The smallest absolute Gasteiger partial charge is 0.387 e. The van der Waals surface area contributed by atoms with Gasteiger partial charge in [-0.3, -0.25) is 4.68 Å². The summed E-state index contributed by atoms with van der Waals surface area (Å²) in [6.45, 7) is -1.68. The highest BCUT2D eigenvalue weighted by atomic mass is 19.3. The summed E-state index contributed by atoms with van der Waals surface area (Å²) in [7, 11) is 0. The van der Waals surface area contributed by atoms with Crippen LogP contribution in [0.1, 0.15) is 35.6 Å². The molecule has 0 aliphatic rings. The van der Waals surface area contributed by atoms with Crippen molar-refractivity contribution >= 4 is 12.2 Å². The van der Waals surface area contributed by atoms with Gasteiger partial charge in [0.1, 0.15) is 30.1 Å². The molecule has 2 aromatic carbocycles. The van der Waals surface area contributed by atoms with Gasteiger partial charge in [-0.1, -0.05) is 29.5 Å². The van der Waals surface area contributed by atoms with Gasteiger partial charge in [0.15, 0.2) is 0 Å². The molecule has 9 heteroatoms. The average Bonchev–Trinajstić information content (AvgIpc) is 3.53. The van der Waals surface area contributed by atoms with Gasteiger partial charge in [0.2, 0.25) is 5.89 Å². The third-order valence-electron chi connectivity index (χ3n) is 4.98. The normalized spacial score (nSPS) is 11.4. The van der Waals surface area contributed by atoms with Crippen LogP contribution in [0.15, 0.2) is 71.6 Å². The van der Waals surface area contributed by atoms with Gasteiger partial charge in [-0.05, 0) is 60.7 Å². The zero-order valence-corrected chi connectivity index (χ0v) is 18.4. The number of benzene rings is 2. The SMILES string of the molecule is FC(F)Oc1ccc(/C=C/c2nc(COc3ccc(CCCCn4ccnn4)cc3)co2)cc1. The molecular weight excluding hydrogens is 442 g/mol. The van der Waals surface area contributed by atoms with Crippen molar-refractivity contribution in [3.8, 4) is 11.5 Å². The Morgan fingerprint density at radius 2 is 1.76 bits per heavy atom. The second-order valence-electron chi connectivity index (χ2n) is 7.51. The molecule has 0 saturated heterocycles. The maximum absolute atomic E-state index is 12.2. The van der Waals surface area contributed by atoms with E-state index < -0.39 is 6.61 Å². The largest absolute Gasteiger partial charge is 0.487 e. The molecule has 34 heavy (non-hydrogen) atoms. The van der Waals surface area contributed by atoms with E-state index in [1.165, 1.54) is 17.7 Å². The predicted molar refractivity (Wildman–Crippen MR) is 122 cm³/mol. The maximum atomic E-state index is 12.2. The monoisotopic (exact) mass is 466 g/mol. The Kier molecular flexibility index (Phi) is 7.99. The van der Waals surface area contributed by atoms with Gasteiger partial charge in [0.25, 0.3) is 0 Å². The van der Waals surface area contributed by atoms with Crippen LogP contribution in [-0.4, -0.2) is 26.6 Å². The molecule has 0 saturated carbocycles. The molecule has 4 rings (SSSR count). The van der Waals surface area contributed by atoms with Crippen molar-refractivity contribution in [2.24, 2.45) is 0 Å². The minimum atomic E-state index is -2.84. The number of rotatable bonds is 12. The lowest BCUT2D eigenvalue weighted by Crippen LogP contribution is -2.01. The van der Waals surface area contributed by atoms with Crippen molar-refractivity contribution in [1.29, 1.82) is 0 Å². The molecule has 0 bridgehead atoms. The Hall–Kier alpha value is -4.01. The fourth-order valence-corrected chi connectivity index (χ4v) is 3.26. The lowest BCUT2D eigenvalue weighted by atomic mass is 10.1. The van der Waals surface area contributed by atoms with E-state index >= 15 is 0 Å². The Morgan fingerprint density at radius 1 is 0.971 bits per heavy atom. The fourth-order valence-electron chi connectivity index (χ4n) is 3.26. The summed E-state index contributed by atoms with van der Waals surface area (Å²) >= 11 is 0. The Bertz CT molecular complexity index is 1160. The molecular formula is C25H24F2N4O3. The lowest BCUT2D eigenvalue weighted by molar-refractivity contribution is -0.0498. The van der Waals surface area contributed by atoms with Crippen LogP contribution in [0.2, 0.25) is 0 Å². The molecule has 0 spiro atoms. The van der Waals surface area contributed by atoms with Crippen LogP contribution < -0.4 is 9.47 Å². The number of oxazole rings is 1. The first-order chi connectivity index (χ1) is 16.6. The van der Waals surface area contributed by atoms with Gasteiger partial charge in [-0.25, -0.2) is 4.98 Å². The number of hydrogen-bond acceptors (Lipinski definition) is 6. The van der Waals surface area contributed by atoms with E-state index in [2.05, 4.69) is 32.2 Å². The average molecular weight is 466 g/mol. The van der Waals surface area contributed by atoms with E-state index in [4.69, 9.17) is 9.15 Å². The number of aromatic nitrogens is 4. The molecule has 176 valence electrons. The zero-order chi connectivity index (χ0) is 23.6. The maximum Gasteiger partial charge on any atom is 0.387 e. The molecule has 0 atom stereocenters. The quantitative estimate of drug-likeness (QED) is 0.252. The number of nitrogens with zero attached hydrogens (tertiary/aromatic N) is 4. The molecule has 7 nitrogen and oxygen atoms in total. The van der Waals surface area contributed by atoms with Crippen molar-refractivity contribution in [3.63, 3.8) is 0 Å². The van der Waals surface area contributed by atoms with E-state index in [1.807, 2.05) is 23.0 Å². The molecule has 0 radical (unpaired) electrons. The molecule has 2 heterocycles. The van der Waals surface area contributed by atoms with E-state index in [0.717, 1.165) is 37.1 Å². The number of unbranched alkanes of at least 4 members (excludes halogenated alkanes) is 1. The topological polar surface area (TPSA) is 75.2 Å². The van der Waals surface area contributed by atoms with Gasteiger partial charge in [-0.2, -0.15) is 8.78 Å². The van der Waals surface area contributed by atoms with Gasteiger partial charge in [-0.15, -0.1) is 5.10 Å². The Labute approximate surface area is 195 Å². The van der Waals surface area contributed by atoms with Crippen LogP contribution in [0.25, 0.3) is 12.2 Å². The third-order valence-corrected chi connectivity index (χ3v) is 4.98. The van der Waals surface area contributed by atoms with Crippen LogP contribution >= 0.6 is 0 Å². The lowest BCUT2D eigenvalue weighted by Gasteiger charge is -2.06. The van der Waals surface area contributed by atoms with Crippen LogP contribution in [0.3, 0.4) is 0 Å². The molecule has 0 amide bonds. The molecule has 0 N–H and O–H groups in total. The molecule has 0 fully saturated rings. The number of hydrogen-bond donors (Lipinski definition) is 0. The molecule has 4 aromatic rings. The van der Waals surface area contributed by atoms with Gasteiger partial charge in [0, 0.05) is 18.8 Å². The number of aryl methyl sites for hydroxylation is 2. The minimum Gasteiger partial charge on any atom is -0.487 e.